The van der Waals surface area contributed by atoms with Gasteiger partial charge in [0.2, 0.25) is 5.91 Å². The van der Waals surface area contributed by atoms with Gasteiger partial charge in [-0.25, -0.2) is 4.98 Å². The Labute approximate surface area is 133 Å². The number of anilines is 1. The molecule has 2 amide bonds. The number of hydrogen-bond donors (Lipinski definition) is 1. The van der Waals surface area contributed by atoms with E-state index in [1.54, 1.807) is 23.2 Å². The minimum Gasteiger partial charge on any atom is -0.337 e. The predicted octanol–water partition coefficient (Wildman–Crippen LogP) is 2.63. The molecule has 1 atom stereocenters. The lowest BCUT2D eigenvalue weighted by Crippen LogP contribution is -2.43. The molecule has 0 aromatic carbocycles. The minimum atomic E-state index is -0.181. The molecule has 1 aliphatic rings. The Hall–Kier alpha value is -2.21. The Balaban J connectivity index is 1.63. The van der Waals surface area contributed by atoms with E-state index < -0.39 is 0 Å². The average molecular weight is 315 g/mol. The maximum atomic E-state index is 12.4. The fourth-order valence-electron chi connectivity index (χ4n) is 2.60. The lowest BCUT2D eigenvalue weighted by Gasteiger charge is -2.31. The summed E-state index contributed by atoms with van der Waals surface area (Å²) in [5.41, 5.74) is 0. The quantitative estimate of drug-likeness (QED) is 0.947. The first kappa shape index (κ1) is 14.7. The van der Waals surface area contributed by atoms with Crippen molar-refractivity contribution in [2.75, 3.05) is 18.4 Å². The summed E-state index contributed by atoms with van der Waals surface area (Å²) in [6.07, 6.45) is 3.29. The fraction of sp³-hybridized carbons (Fsp3) is 0.312. The van der Waals surface area contributed by atoms with Crippen LogP contribution in [0.2, 0.25) is 0 Å². The van der Waals surface area contributed by atoms with E-state index in [4.69, 9.17) is 0 Å². The Morgan fingerprint density at radius 3 is 2.91 bits per heavy atom. The first-order chi connectivity index (χ1) is 10.7. The van der Waals surface area contributed by atoms with Crippen LogP contribution in [0.3, 0.4) is 0 Å². The molecule has 6 heteroatoms. The molecule has 22 heavy (non-hydrogen) atoms. The van der Waals surface area contributed by atoms with Crippen LogP contribution < -0.4 is 5.32 Å². The van der Waals surface area contributed by atoms with Crippen molar-refractivity contribution < 1.29 is 9.59 Å². The van der Waals surface area contributed by atoms with E-state index in [1.807, 2.05) is 23.6 Å². The molecule has 3 heterocycles. The first-order valence-electron chi connectivity index (χ1n) is 7.29. The van der Waals surface area contributed by atoms with E-state index in [9.17, 15) is 9.59 Å². The van der Waals surface area contributed by atoms with Crippen LogP contribution in [0, 0.1) is 5.92 Å². The fourth-order valence-corrected chi connectivity index (χ4v) is 3.29. The van der Waals surface area contributed by atoms with Crippen LogP contribution in [0.4, 0.5) is 5.82 Å². The van der Waals surface area contributed by atoms with Crippen LogP contribution in [0.5, 0.6) is 0 Å². The third-order valence-electron chi connectivity index (χ3n) is 3.73. The van der Waals surface area contributed by atoms with Crippen molar-refractivity contribution in [3.05, 3.63) is 46.8 Å². The van der Waals surface area contributed by atoms with Gasteiger partial charge in [-0.3, -0.25) is 9.59 Å². The van der Waals surface area contributed by atoms with Crippen molar-refractivity contribution in [2.45, 2.75) is 12.8 Å². The maximum Gasteiger partial charge on any atom is 0.263 e. The summed E-state index contributed by atoms with van der Waals surface area (Å²) in [6, 6.07) is 9.08. The van der Waals surface area contributed by atoms with Gasteiger partial charge in [0, 0.05) is 19.3 Å². The van der Waals surface area contributed by atoms with Crippen molar-refractivity contribution in [1.29, 1.82) is 0 Å². The summed E-state index contributed by atoms with van der Waals surface area (Å²) in [7, 11) is 0. The standard InChI is InChI=1S/C16H17N3O2S/c20-15(18-14-7-1-2-8-17-14)12-5-3-9-19(11-12)16(21)13-6-4-10-22-13/h1-2,4,6-8,10,12H,3,5,9,11H2,(H,17,18,20)/t12-/m1/s1. The molecule has 2 aromatic heterocycles. The third-order valence-corrected chi connectivity index (χ3v) is 4.59. The molecule has 0 saturated carbocycles. The second-order valence-corrected chi connectivity index (χ2v) is 6.22. The predicted molar refractivity (Wildman–Crippen MR) is 85.8 cm³/mol. The molecule has 5 nitrogen and oxygen atoms in total. The van der Waals surface area contributed by atoms with E-state index in [1.165, 1.54) is 11.3 Å². The lowest BCUT2D eigenvalue weighted by molar-refractivity contribution is -0.121. The summed E-state index contributed by atoms with van der Waals surface area (Å²) in [6.45, 7) is 1.18. The molecule has 1 N–H and O–H groups in total. The molecule has 114 valence electrons. The zero-order chi connectivity index (χ0) is 15.4. The molecule has 0 unspecified atom stereocenters. The summed E-state index contributed by atoms with van der Waals surface area (Å²) >= 11 is 1.44. The average Bonchev–Trinajstić information content (AvgIpc) is 3.09. The smallest absolute Gasteiger partial charge is 0.263 e. The summed E-state index contributed by atoms with van der Waals surface area (Å²) in [5.74, 6) is 0.321. The Morgan fingerprint density at radius 1 is 1.27 bits per heavy atom. The highest BCUT2D eigenvalue weighted by Gasteiger charge is 2.29. The van der Waals surface area contributed by atoms with Crippen molar-refractivity contribution >= 4 is 29.0 Å². The van der Waals surface area contributed by atoms with E-state index >= 15 is 0 Å². The number of piperidine rings is 1. The van der Waals surface area contributed by atoms with Gasteiger partial charge in [-0.05, 0) is 36.4 Å². The van der Waals surface area contributed by atoms with Crippen LogP contribution in [0.15, 0.2) is 41.9 Å². The number of thiophene rings is 1. The largest absolute Gasteiger partial charge is 0.337 e. The van der Waals surface area contributed by atoms with Gasteiger partial charge in [-0.15, -0.1) is 11.3 Å². The van der Waals surface area contributed by atoms with Crippen molar-refractivity contribution in [3.63, 3.8) is 0 Å². The summed E-state index contributed by atoms with van der Waals surface area (Å²) in [5, 5.41) is 4.71. The molecule has 0 bridgehead atoms. The highest BCUT2D eigenvalue weighted by molar-refractivity contribution is 7.12. The zero-order valence-corrected chi connectivity index (χ0v) is 12.9. The SMILES string of the molecule is O=C(Nc1ccccn1)[C@@H]1CCCN(C(=O)c2cccs2)C1. The van der Waals surface area contributed by atoms with E-state index in [2.05, 4.69) is 10.3 Å². The number of rotatable bonds is 3. The molecule has 1 aliphatic heterocycles. The van der Waals surface area contributed by atoms with E-state index in [0.29, 0.717) is 18.9 Å². The normalized spacial score (nSPS) is 18.0. The van der Waals surface area contributed by atoms with Crippen LogP contribution in [0.25, 0.3) is 0 Å². The topological polar surface area (TPSA) is 62.3 Å². The highest BCUT2D eigenvalue weighted by atomic mass is 32.1. The number of pyridine rings is 1. The van der Waals surface area contributed by atoms with E-state index in [-0.39, 0.29) is 17.7 Å². The number of carbonyl (C=O) groups excluding carboxylic acids is 2. The number of carbonyl (C=O) groups is 2. The number of nitrogens with zero attached hydrogens (tertiary/aromatic N) is 2. The molecule has 1 saturated heterocycles. The van der Waals surface area contributed by atoms with Gasteiger partial charge in [0.1, 0.15) is 5.82 Å². The number of nitrogens with one attached hydrogen (secondary N) is 1. The molecule has 0 spiro atoms. The number of likely N-dealkylation sites (tertiary alicyclic amines) is 1. The van der Waals surface area contributed by atoms with E-state index in [0.717, 1.165) is 17.7 Å². The summed E-state index contributed by atoms with van der Waals surface area (Å²) < 4.78 is 0. The molecule has 1 fully saturated rings. The number of aromatic nitrogens is 1. The number of hydrogen-bond acceptors (Lipinski definition) is 4. The molecule has 0 aliphatic carbocycles. The molecular weight excluding hydrogens is 298 g/mol. The van der Waals surface area contributed by atoms with Gasteiger partial charge in [0.25, 0.3) is 5.91 Å². The Morgan fingerprint density at radius 2 is 2.18 bits per heavy atom. The van der Waals surface area contributed by atoms with Gasteiger partial charge < -0.3 is 10.2 Å². The van der Waals surface area contributed by atoms with Gasteiger partial charge in [0.05, 0.1) is 10.8 Å². The van der Waals surface area contributed by atoms with Crippen molar-refractivity contribution in [1.82, 2.24) is 9.88 Å². The van der Waals surface area contributed by atoms with Crippen LogP contribution in [-0.4, -0.2) is 34.8 Å². The molecular formula is C16H17N3O2S. The Bertz CT molecular complexity index is 643. The molecule has 2 aromatic rings. The Kier molecular flexibility index (Phi) is 4.48. The zero-order valence-electron chi connectivity index (χ0n) is 12.1. The monoisotopic (exact) mass is 315 g/mol. The van der Waals surface area contributed by atoms with Gasteiger partial charge in [-0.1, -0.05) is 12.1 Å². The van der Waals surface area contributed by atoms with Crippen LogP contribution in [0.1, 0.15) is 22.5 Å². The van der Waals surface area contributed by atoms with Crippen LogP contribution in [-0.2, 0) is 4.79 Å². The van der Waals surface area contributed by atoms with Gasteiger partial charge >= 0.3 is 0 Å². The second-order valence-electron chi connectivity index (χ2n) is 5.27. The highest BCUT2D eigenvalue weighted by Crippen LogP contribution is 2.21. The third kappa shape index (κ3) is 3.33. The minimum absolute atomic E-state index is 0.0188. The van der Waals surface area contributed by atoms with Gasteiger partial charge in [-0.2, -0.15) is 0 Å². The number of amides is 2. The first-order valence-corrected chi connectivity index (χ1v) is 8.16. The lowest BCUT2D eigenvalue weighted by atomic mass is 9.97. The molecule has 3 rings (SSSR count). The summed E-state index contributed by atoms with van der Waals surface area (Å²) in [4.78, 5) is 31.3. The van der Waals surface area contributed by atoms with Crippen molar-refractivity contribution in [2.24, 2.45) is 5.92 Å². The van der Waals surface area contributed by atoms with Gasteiger partial charge in [0.15, 0.2) is 0 Å². The second kappa shape index (κ2) is 6.70. The van der Waals surface area contributed by atoms with Crippen molar-refractivity contribution in [3.8, 4) is 0 Å². The molecule has 0 radical (unpaired) electrons. The van der Waals surface area contributed by atoms with Crippen LogP contribution >= 0.6 is 11.3 Å². The maximum absolute atomic E-state index is 12.4.